The number of furan rings is 1. The molecular weight excluding hydrogens is 268 g/mol. The van der Waals surface area contributed by atoms with Gasteiger partial charge in [0.25, 0.3) is 0 Å². The van der Waals surface area contributed by atoms with Crippen LogP contribution < -0.4 is 5.73 Å². The Morgan fingerprint density at radius 1 is 1.24 bits per heavy atom. The van der Waals surface area contributed by atoms with E-state index in [2.05, 4.69) is 17.0 Å². The summed E-state index contributed by atoms with van der Waals surface area (Å²) in [5.41, 5.74) is 6.90. The third kappa shape index (κ3) is 2.70. The van der Waals surface area contributed by atoms with Gasteiger partial charge in [0.15, 0.2) is 0 Å². The number of benzene rings is 1. The molecule has 2 aromatic rings. The normalized spacial score (nSPS) is 24.7. The van der Waals surface area contributed by atoms with Crippen molar-refractivity contribution < 1.29 is 13.9 Å². The van der Waals surface area contributed by atoms with Crippen LogP contribution in [0.3, 0.4) is 0 Å². The van der Waals surface area contributed by atoms with Crippen LogP contribution in [0.15, 0.2) is 34.7 Å². The molecule has 1 fully saturated rings. The van der Waals surface area contributed by atoms with E-state index in [0.29, 0.717) is 6.54 Å². The molecular formula is C16H22N2O3. The maximum atomic E-state index is 6.00. The van der Waals surface area contributed by atoms with E-state index in [-0.39, 0.29) is 18.2 Å². The lowest BCUT2D eigenvalue weighted by molar-refractivity contribution is -0.00461. The maximum absolute atomic E-state index is 6.00. The fraction of sp³-hybridized carbons (Fsp3) is 0.500. The number of methoxy groups -OCH3 is 2. The van der Waals surface area contributed by atoms with Crippen molar-refractivity contribution in [3.05, 3.63) is 36.1 Å². The number of para-hydroxylation sites is 1. The first kappa shape index (κ1) is 14.5. The molecule has 2 heterocycles. The van der Waals surface area contributed by atoms with Crippen molar-refractivity contribution in [1.82, 2.24) is 4.90 Å². The Morgan fingerprint density at radius 3 is 2.48 bits per heavy atom. The second kappa shape index (κ2) is 6.15. The molecule has 5 nitrogen and oxygen atoms in total. The largest absolute Gasteiger partial charge is 0.459 e. The van der Waals surface area contributed by atoms with E-state index in [1.165, 1.54) is 0 Å². The summed E-state index contributed by atoms with van der Waals surface area (Å²) in [6.07, 6.45) is 0.154. The number of ether oxygens (including phenoxy) is 2. The molecule has 114 valence electrons. The van der Waals surface area contributed by atoms with Crippen LogP contribution in [0.4, 0.5) is 0 Å². The van der Waals surface area contributed by atoms with Gasteiger partial charge in [0, 0.05) is 39.2 Å². The van der Waals surface area contributed by atoms with Gasteiger partial charge < -0.3 is 19.6 Å². The highest BCUT2D eigenvalue weighted by atomic mass is 16.5. The number of hydrogen-bond donors (Lipinski definition) is 1. The Balaban J connectivity index is 1.85. The predicted molar refractivity (Wildman–Crippen MR) is 81.2 cm³/mol. The summed E-state index contributed by atoms with van der Waals surface area (Å²) in [5.74, 6) is 0.908. The Morgan fingerprint density at radius 2 is 1.90 bits per heavy atom. The van der Waals surface area contributed by atoms with Crippen molar-refractivity contribution in [2.75, 3.05) is 33.9 Å². The second-order valence-electron chi connectivity index (χ2n) is 5.44. The van der Waals surface area contributed by atoms with Crippen molar-refractivity contribution in [3.8, 4) is 0 Å². The summed E-state index contributed by atoms with van der Waals surface area (Å²) in [6, 6.07) is 10.1. The lowest BCUT2D eigenvalue weighted by atomic mass is 10.2. The van der Waals surface area contributed by atoms with Crippen LogP contribution in [0.1, 0.15) is 11.8 Å². The predicted octanol–water partition coefficient (Wildman–Crippen LogP) is 1.78. The Hall–Kier alpha value is -1.40. The van der Waals surface area contributed by atoms with Crippen LogP contribution in [0.25, 0.3) is 11.0 Å². The van der Waals surface area contributed by atoms with E-state index < -0.39 is 0 Å². The van der Waals surface area contributed by atoms with Gasteiger partial charge in [0.05, 0.1) is 18.2 Å². The molecule has 0 saturated carbocycles. The average Bonchev–Trinajstić information content (AvgIpc) is 3.11. The third-order valence-electron chi connectivity index (χ3n) is 4.29. The SMILES string of the molecule is COC1CN(C(CN)c2cc3ccccc3o2)CC1OC. The van der Waals surface area contributed by atoms with Gasteiger partial charge in [-0.2, -0.15) is 0 Å². The third-order valence-corrected chi connectivity index (χ3v) is 4.29. The molecule has 5 heteroatoms. The van der Waals surface area contributed by atoms with Gasteiger partial charge >= 0.3 is 0 Å². The molecule has 21 heavy (non-hydrogen) atoms. The van der Waals surface area contributed by atoms with Crippen molar-refractivity contribution in [3.63, 3.8) is 0 Å². The van der Waals surface area contributed by atoms with Crippen molar-refractivity contribution >= 4 is 11.0 Å². The minimum absolute atomic E-state index is 0.0511. The van der Waals surface area contributed by atoms with Gasteiger partial charge in [-0.1, -0.05) is 18.2 Å². The summed E-state index contributed by atoms with van der Waals surface area (Å²) in [7, 11) is 3.44. The number of nitrogens with zero attached hydrogens (tertiary/aromatic N) is 1. The lowest BCUT2D eigenvalue weighted by Crippen LogP contribution is -2.32. The van der Waals surface area contributed by atoms with Crippen molar-refractivity contribution in [2.24, 2.45) is 5.73 Å². The molecule has 2 N–H and O–H groups in total. The van der Waals surface area contributed by atoms with E-state index in [1.54, 1.807) is 14.2 Å². The van der Waals surface area contributed by atoms with E-state index in [9.17, 15) is 0 Å². The summed E-state index contributed by atoms with van der Waals surface area (Å²) >= 11 is 0. The number of hydrogen-bond acceptors (Lipinski definition) is 5. The fourth-order valence-corrected chi connectivity index (χ4v) is 3.09. The van der Waals surface area contributed by atoms with Crippen molar-refractivity contribution in [1.29, 1.82) is 0 Å². The molecule has 3 rings (SSSR count). The molecule has 0 amide bonds. The topological polar surface area (TPSA) is 60.9 Å². The number of fused-ring (bicyclic) bond motifs is 1. The highest BCUT2D eigenvalue weighted by Crippen LogP contribution is 2.30. The summed E-state index contributed by atoms with van der Waals surface area (Å²) in [5, 5.41) is 1.11. The molecule has 3 atom stereocenters. The molecule has 0 aliphatic carbocycles. The first-order valence-electron chi connectivity index (χ1n) is 7.25. The van der Waals surface area contributed by atoms with E-state index in [1.807, 2.05) is 18.2 Å². The van der Waals surface area contributed by atoms with Gasteiger partial charge in [-0.05, 0) is 12.1 Å². The molecule has 1 aromatic carbocycles. The minimum atomic E-state index is 0.0511. The van der Waals surface area contributed by atoms with Crippen LogP contribution in [0.5, 0.6) is 0 Å². The number of likely N-dealkylation sites (tertiary alicyclic amines) is 1. The Bertz CT molecular complexity index is 553. The van der Waals surface area contributed by atoms with Crippen LogP contribution in [-0.4, -0.2) is 51.0 Å². The molecule has 1 aliphatic rings. The number of rotatable bonds is 5. The van der Waals surface area contributed by atoms with E-state index >= 15 is 0 Å². The Kier molecular flexibility index (Phi) is 4.26. The molecule has 3 unspecified atom stereocenters. The van der Waals surface area contributed by atoms with Gasteiger partial charge in [-0.25, -0.2) is 0 Å². The highest BCUT2D eigenvalue weighted by Gasteiger charge is 2.37. The van der Waals surface area contributed by atoms with Crippen LogP contribution in [0, 0.1) is 0 Å². The van der Waals surface area contributed by atoms with Crippen LogP contribution in [0.2, 0.25) is 0 Å². The molecule has 0 spiro atoms. The second-order valence-corrected chi connectivity index (χ2v) is 5.44. The zero-order valence-corrected chi connectivity index (χ0v) is 12.5. The molecule has 0 radical (unpaired) electrons. The fourth-order valence-electron chi connectivity index (χ4n) is 3.09. The summed E-state index contributed by atoms with van der Waals surface area (Å²) < 4.78 is 17.0. The van der Waals surface area contributed by atoms with Crippen LogP contribution in [-0.2, 0) is 9.47 Å². The average molecular weight is 290 g/mol. The number of nitrogens with two attached hydrogens (primary N) is 1. The van der Waals surface area contributed by atoms with Crippen molar-refractivity contribution in [2.45, 2.75) is 18.2 Å². The van der Waals surface area contributed by atoms with Gasteiger partial charge in [0.1, 0.15) is 11.3 Å². The monoisotopic (exact) mass is 290 g/mol. The molecule has 1 aromatic heterocycles. The van der Waals surface area contributed by atoms with Gasteiger partial charge in [-0.3, -0.25) is 4.90 Å². The van der Waals surface area contributed by atoms with Gasteiger partial charge in [0.2, 0.25) is 0 Å². The maximum Gasteiger partial charge on any atom is 0.134 e. The standard InChI is InChI=1S/C16H22N2O3/c1-19-15-9-18(10-16(15)20-2)12(8-17)14-7-11-5-3-4-6-13(11)21-14/h3-7,12,15-16H,8-10,17H2,1-2H3. The Labute approximate surface area is 124 Å². The highest BCUT2D eigenvalue weighted by molar-refractivity contribution is 5.77. The zero-order chi connectivity index (χ0) is 14.8. The smallest absolute Gasteiger partial charge is 0.134 e. The van der Waals surface area contributed by atoms with E-state index in [0.717, 1.165) is 29.8 Å². The lowest BCUT2D eigenvalue weighted by Gasteiger charge is -2.24. The van der Waals surface area contributed by atoms with E-state index in [4.69, 9.17) is 19.6 Å². The first-order chi connectivity index (χ1) is 10.3. The molecule has 1 saturated heterocycles. The minimum Gasteiger partial charge on any atom is -0.459 e. The molecule has 1 aliphatic heterocycles. The quantitative estimate of drug-likeness (QED) is 0.909. The summed E-state index contributed by atoms with van der Waals surface area (Å²) in [4.78, 5) is 2.28. The zero-order valence-electron chi connectivity index (χ0n) is 12.5. The van der Waals surface area contributed by atoms with Crippen LogP contribution >= 0.6 is 0 Å². The first-order valence-corrected chi connectivity index (χ1v) is 7.25. The van der Waals surface area contributed by atoms with Gasteiger partial charge in [-0.15, -0.1) is 0 Å². The summed E-state index contributed by atoms with van der Waals surface area (Å²) in [6.45, 7) is 2.11. The molecule has 0 bridgehead atoms.